The molecule has 0 bridgehead atoms. The van der Waals surface area contributed by atoms with Crippen LogP contribution in [0, 0.1) is 5.92 Å². The van der Waals surface area contributed by atoms with E-state index in [1.807, 2.05) is 6.92 Å². The van der Waals surface area contributed by atoms with Gasteiger partial charge in [0.05, 0.1) is 0 Å². The molecule has 0 aromatic rings. The highest BCUT2D eigenvalue weighted by Gasteiger charge is 2.16. The number of thioether (sulfide) groups is 1. The minimum absolute atomic E-state index is 0.0872. The quantitative estimate of drug-likeness (QED) is 0.542. The molecule has 0 aliphatic carbocycles. The molecule has 0 spiro atoms. The maximum Gasteiger partial charge on any atom is 0.317 e. The summed E-state index contributed by atoms with van der Waals surface area (Å²) in [5, 5.41) is 16.7. The van der Waals surface area contributed by atoms with E-state index in [1.54, 1.807) is 0 Å². The zero-order chi connectivity index (χ0) is 9.56. The summed E-state index contributed by atoms with van der Waals surface area (Å²) in [5.41, 5.74) is 5.24. The Morgan fingerprint density at radius 3 is 2.58 bits per heavy atom. The predicted octanol–water partition coefficient (Wildman–Crippen LogP) is -0.240. The molecule has 0 radical (unpaired) electrons. The van der Waals surface area contributed by atoms with Crippen molar-refractivity contribution in [1.29, 1.82) is 0 Å². The lowest BCUT2D eigenvalue weighted by molar-refractivity contribution is -0.136. The van der Waals surface area contributed by atoms with Gasteiger partial charge in [-0.1, -0.05) is 6.92 Å². The molecule has 72 valence electrons. The SMILES string of the molecule is CC(CO)CSC(CN)C(=O)O. The summed E-state index contributed by atoms with van der Waals surface area (Å²) in [6, 6.07) is 0. The lowest BCUT2D eigenvalue weighted by atomic mass is 10.2. The maximum atomic E-state index is 10.5. The Labute approximate surface area is 76.1 Å². The second kappa shape index (κ2) is 6.28. The average molecular weight is 193 g/mol. The van der Waals surface area contributed by atoms with E-state index < -0.39 is 11.2 Å². The van der Waals surface area contributed by atoms with Gasteiger partial charge < -0.3 is 15.9 Å². The van der Waals surface area contributed by atoms with E-state index in [2.05, 4.69) is 0 Å². The fourth-order valence-electron chi connectivity index (χ4n) is 0.573. The van der Waals surface area contributed by atoms with Gasteiger partial charge in [-0.3, -0.25) is 4.79 Å². The third-order valence-electron chi connectivity index (χ3n) is 1.38. The number of carboxylic acids is 1. The molecule has 5 heteroatoms. The van der Waals surface area contributed by atoms with Crippen molar-refractivity contribution in [2.24, 2.45) is 11.7 Å². The van der Waals surface area contributed by atoms with Gasteiger partial charge in [0, 0.05) is 13.2 Å². The van der Waals surface area contributed by atoms with Crippen molar-refractivity contribution in [3.63, 3.8) is 0 Å². The number of aliphatic hydroxyl groups is 1. The number of hydrogen-bond donors (Lipinski definition) is 3. The number of carboxylic acid groups (broad SMARTS) is 1. The average Bonchev–Trinajstić information content (AvgIpc) is 2.04. The Hall–Kier alpha value is -0.260. The van der Waals surface area contributed by atoms with Gasteiger partial charge in [0.25, 0.3) is 0 Å². The van der Waals surface area contributed by atoms with Crippen molar-refractivity contribution in [2.75, 3.05) is 18.9 Å². The van der Waals surface area contributed by atoms with E-state index in [0.717, 1.165) is 0 Å². The molecule has 12 heavy (non-hydrogen) atoms. The van der Waals surface area contributed by atoms with Crippen molar-refractivity contribution in [3.05, 3.63) is 0 Å². The molecule has 4 N–H and O–H groups in total. The monoisotopic (exact) mass is 193 g/mol. The minimum Gasteiger partial charge on any atom is -0.480 e. The fraction of sp³-hybridized carbons (Fsp3) is 0.857. The molecule has 0 aromatic carbocycles. The molecule has 2 atom stereocenters. The van der Waals surface area contributed by atoms with E-state index in [0.29, 0.717) is 5.75 Å². The zero-order valence-corrected chi connectivity index (χ0v) is 7.88. The number of hydrogen-bond acceptors (Lipinski definition) is 4. The van der Waals surface area contributed by atoms with Gasteiger partial charge in [0.2, 0.25) is 0 Å². The second-order valence-electron chi connectivity index (χ2n) is 2.68. The van der Waals surface area contributed by atoms with Gasteiger partial charge in [-0.2, -0.15) is 0 Å². The van der Waals surface area contributed by atoms with E-state index >= 15 is 0 Å². The minimum atomic E-state index is -0.882. The fourth-order valence-corrected chi connectivity index (χ4v) is 1.52. The van der Waals surface area contributed by atoms with Gasteiger partial charge in [0.15, 0.2) is 0 Å². The van der Waals surface area contributed by atoms with Crippen molar-refractivity contribution in [1.82, 2.24) is 0 Å². The lowest BCUT2D eigenvalue weighted by Gasteiger charge is -2.11. The Morgan fingerprint density at radius 2 is 2.25 bits per heavy atom. The van der Waals surface area contributed by atoms with Crippen LogP contribution in [-0.4, -0.2) is 40.3 Å². The number of aliphatic hydroxyl groups excluding tert-OH is 1. The normalized spacial score (nSPS) is 15.6. The molecule has 0 saturated heterocycles. The highest BCUT2D eigenvalue weighted by molar-refractivity contribution is 8.00. The van der Waals surface area contributed by atoms with Crippen molar-refractivity contribution < 1.29 is 15.0 Å². The Kier molecular flexibility index (Phi) is 6.14. The van der Waals surface area contributed by atoms with Crippen LogP contribution in [0.2, 0.25) is 0 Å². The van der Waals surface area contributed by atoms with Crippen molar-refractivity contribution >= 4 is 17.7 Å². The van der Waals surface area contributed by atoms with E-state index in [9.17, 15) is 4.79 Å². The van der Waals surface area contributed by atoms with Crippen LogP contribution in [0.4, 0.5) is 0 Å². The van der Waals surface area contributed by atoms with Crippen LogP contribution in [-0.2, 0) is 4.79 Å². The largest absolute Gasteiger partial charge is 0.480 e. The Morgan fingerprint density at radius 1 is 1.67 bits per heavy atom. The van der Waals surface area contributed by atoms with Gasteiger partial charge in [0.1, 0.15) is 5.25 Å². The van der Waals surface area contributed by atoms with Crippen LogP contribution in [0.25, 0.3) is 0 Å². The topological polar surface area (TPSA) is 83.5 Å². The van der Waals surface area contributed by atoms with Gasteiger partial charge in [-0.05, 0) is 11.7 Å². The molecule has 0 aromatic heterocycles. The summed E-state index contributed by atoms with van der Waals surface area (Å²) in [5.74, 6) is -0.124. The molecule has 0 aliphatic heterocycles. The molecule has 0 fully saturated rings. The Bertz CT molecular complexity index is 143. The maximum absolute atomic E-state index is 10.5. The van der Waals surface area contributed by atoms with Crippen LogP contribution in [0.15, 0.2) is 0 Å². The predicted molar refractivity (Wildman–Crippen MR) is 49.2 cm³/mol. The first kappa shape index (κ1) is 11.7. The van der Waals surface area contributed by atoms with Crippen molar-refractivity contribution in [2.45, 2.75) is 12.2 Å². The first-order chi connectivity index (χ1) is 5.61. The van der Waals surface area contributed by atoms with Gasteiger partial charge in [-0.25, -0.2) is 0 Å². The lowest BCUT2D eigenvalue weighted by Crippen LogP contribution is -2.27. The second-order valence-corrected chi connectivity index (χ2v) is 3.92. The first-order valence-electron chi connectivity index (χ1n) is 3.77. The van der Waals surface area contributed by atoms with Crippen LogP contribution in [0.5, 0.6) is 0 Å². The highest BCUT2D eigenvalue weighted by atomic mass is 32.2. The summed E-state index contributed by atoms with van der Waals surface area (Å²) < 4.78 is 0. The van der Waals surface area contributed by atoms with Crippen molar-refractivity contribution in [3.8, 4) is 0 Å². The summed E-state index contributed by atoms with van der Waals surface area (Å²) in [6.07, 6.45) is 0. The third kappa shape index (κ3) is 4.58. The molecule has 0 rings (SSSR count). The molecule has 4 nitrogen and oxygen atoms in total. The van der Waals surface area contributed by atoms with Crippen LogP contribution in [0.1, 0.15) is 6.92 Å². The molecule has 0 aliphatic rings. The first-order valence-corrected chi connectivity index (χ1v) is 4.82. The summed E-state index contributed by atoms with van der Waals surface area (Å²) in [4.78, 5) is 10.5. The van der Waals surface area contributed by atoms with E-state index in [-0.39, 0.29) is 19.1 Å². The number of carbonyl (C=O) groups is 1. The summed E-state index contributed by atoms with van der Waals surface area (Å²) in [7, 11) is 0. The zero-order valence-electron chi connectivity index (χ0n) is 7.06. The molecule has 0 heterocycles. The van der Waals surface area contributed by atoms with Crippen LogP contribution >= 0.6 is 11.8 Å². The van der Waals surface area contributed by atoms with E-state index in [1.165, 1.54) is 11.8 Å². The van der Waals surface area contributed by atoms with Crippen LogP contribution < -0.4 is 5.73 Å². The van der Waals surface area contributed by atoms with Crippen LogP contribution in [0.3, 0.4) is 0 Å². The van der Waals surface area contributed by atoms with Gasteiger partial charge >= 0.3 is 5.97 Å². The summed E-state index contributed by atoms with van der Waals surface area (Å²) in [6.45, 7) is 2.09. The molecule has 0 saturated carbocycles. The molecule has 0 amide bonds. The number of nitrogens with two attached hydrogens (primary N) is 1. The molecule has 2 unspecified atom stereocenters. The standard InChI is InChI=1S/C7H15NO3S/c1-5(3-9)4-12-6(2-8)7(10)11/h5-6,9H,2-4,8H2,1H3,(H,10,11). The number of aliphatic carboxylic acids is 1. The highest BCUT2D eigenvalue weighted by Crippen LogP contribution is 2.14. The van der Waals surface area contributed by atoms with Gasteiger partial charge in [-0.15, -0.1) is 11.8 Å². The molecular formula is C7H15NO3S. The third-order valence-corrected chi connectivity index (χ3v) is 2.94. The number of rotatable bonds is 6. The summed E-state index contributed by atoms with van der Waals surface area (Å²) >= 11 is 1.28. The smallest absolute Gasteiger partial charge is 0.317 e. The Balaban J connectivity index is 3.65. The van der Waals surface area contributed by atoms with E-state index in [4.69, 9.17) is 15.9 Å². The molecular weight excluding hydrogens is 178 g/mol.